The highest BCUT2D eigenvalue weighted by atomic mass is 35.5. The van der Waals surface area contributed by atoms with Gasteiger partial charge in [0.25, 0.3) is 5.91 Å². The standard InChI is InChI=1S/C18H16Cl2N2OS/c1-2-10-6-7-11-12(9-21)18(24-15(11)8-10)22-17(23)16-13(19)4-3-5-14(16)20/h3-5,10H,2,6-8H2,1H3,(H,22,23)/t10-/m0/s1. The van der Waals surface area contributed by atoms with Gasteiger partial charge in [-0.15, -0.1) is 11.3 Å². The summed E-state index contributed by atoms with van der Waals surface area (Å²) in [6.07, 6.45) is 4.11. The molecular weight excluding hydrogens is 363 g/mol. The van der Waals surface area contributed by atoms with E-state index < -0.39 is 0 Å². The lowest BCUT2D eigenvalue weighted by Crippen LogP contribution is -2.13. The van der Waals surface area contributed by atoms with Gasteiger partial charge in [0.2, 0.25) is 0 Å². The van der Waals surface area contributed by atoms with E-state index in [2.05, 4.69) is 18.3 Å². The third-order valence-corrected chi connectivity index (χ3v) is 6.27. The lowest BCUT2D eigenvalue weighted by atomic mass is 9.86. The van der Waals surface area contributed by atoms with Gasteiger partial charge in [0.05, 0.1) is 21.2 Å². The van der Waals surface area contributed by atoms with Crippen molar-refractivity contribution in [3.63, 3.8) is 0 Å². The highest BCUT2D eigenvalue weighted by molar-refractivity contribution is 7.16. The van der Waals surface area contributed by atoms with Gasteiger partial charge < -0.3 is 5.32 Å². The normalized spacial score (nSPS) is 16.3. The van der Waals surface area contributed by atoms with Gasteiger partial charge in [-0.2, -0.15) is 5.26 Å². The number of thiophene rings is 1. The summed E-state index contributed by atoms with van der Waals surface area (Å²) in [5.41, 5.74) is 1.91. The summed E-state index contributed by atoms with van der Waals surface area (Å²) in [5, 5.41) is 13.6. The molecule has 24 heavy (non-hydrogen) atoms. The fraction of sp³-hybridized carbons (Fsp3) is 0.333. The van der Waals surface area contributed by atoms with Gasteiger partial charge in [-0.25, -0.2) is 0 Å². The van der Waals surface area contributed by atoms with Crippen LogP contribution in [0.4, 0.5) is 5.00 Å². The Kier molecular flexibility index (Phi) is 5.15. The minimum atomic E-state index is -0.382. The molecule has 1 aliphatic rings. The number of amides is 1. The number of nitrogens with one attached hydrogen (secondary N) is 1. The number of carbonyl (C=O) groups excluding carboxylic acids is 1. The number of fused-ring (bicyclic) bond motifs is 1. The van der Waals surface area contributed by atoms with Crippen LogP contribution >= 0.6 is 34.5 Å². The molecule has 1 aromatic carbocycles. The van der Waals surface area contributed by atoms with E-state index in [1.807, 2.05) is 0 Å². The van der Waals surface area contributed by atoms with Crippen LogP contribution in [0, 0.1) is 17.2 Å². The zero-order valence-corrected chi connectivity index (χ0v) is 15.5. The molecule has 0 radical (unpaired) electrons. The van der Waals surface area contributed by atoms with E-state index in [0.717, 1.165) is 31.2 Å². The monoisotopic (exact) mass is 378 g/mol. The molecule has 3 rings (SSSR count). The molecule has 0 aliphatic heterocycles. The first-order chi connectivity index (χ1) is 11.5. The van der Waals surface area contributed by atoms with E-state index in [0.29, 0.717) is 26.5 Å². The summed E-state index contributed by atoms with van der Waals surface area (Å²) in [4.78, 5) is 13.8. The minimum absolute atomic E-state index is 0.238. The smallest absolute Gasteiger partial charge is 0.259 e. The molecule has 0 spiro atoms. The first kappa shape index (κ1) is 17.3. The number of rotatable bonds is 3. The van der Waals surface area contributed by atoms with Crippen LogP contribution in [0.2, 0.25) is 10.0 Å². The molecule has 1 atom stereocenters. The third-order valence-electron chi connectivity index (χ3n) is 4.47. The topological polar surface area (TPSA) is 52.9 Å². The van der Waals surface area contributed by atoms with Crippen LogP contribution in [0.15, 0.2) is 18.2 Å². The molecule has 124 valence electrons. The molecule has 6 heteroatoms. The van der Waals surface area contributed by atoms with Gasteiger partial charge in [0, 0.05) is 4.88 Å². The number of anilines is 1. The van der Waals surface area contributed by atoms with Crippen molar-refractivity contribution >= 4 is 45.4 Å². The Morgan fingerprint density at radius 3 is 2.75 bits per heavy atom. The van der Waals surface area contributed by atoms with Crippen LogP contribution in [-0.2, 0) is 12.8 Å². The molecule has 0 saturated carbocycles. The summed E-state index contributed by atoms with van der Waals surface area (Å²) < 4.78 is 0. The van der Waals surface area contributed by atoms with E-state index in [-0.39, 0.29) is 11.5 Å². The second-order valence-electron chi connectivity index (χ2n) is 5.89. The predicted molar refractivity (Wildman–Crippen MR) is 99.3 cm³/mol. The molecule has 2 aromatic rings. The molecule has 0 fully saturated rings. The lowest BCUT2D eigenvalue weighted by Gasteiger charge is -2.20. The average Bonchev–Trinajstić information content (AvgIpc) is 2.90. The second-order valence-corrected chi connectivity index (χ2v) is 7.81. The van der Waals surface area contributed by atoms with Crippen LogP contribution in [-0.4, -0.2) is 5.91 Å². The first-order valence-electron chi connectivity index (χ1n) is 7.85. The summed E-state index contributed by atoms with van der Waals surface area (Å²) in [6, 6.07) is 7.19. The number of benzene rings is 1. The Morgan fingerprint density at radius 2 is 2.12 bits per heavy atom. The number of hydrogen-bond acceptors (Lipinski definition) is 3. The van der Waals surface area contributed by atoms with Crippen molar-refractivity contribution in [3.8, 4) is 6.07 Å². The molecule has 1 heterocycles. The fourth-order valence-electron chi connectivity index (χ4n) is 3.09. The highest BCUT2D eigenvalue weighted by Gasteiger charge is 2.26. The van der Waals surface area contributed by atoms with Gasteiger partial charge in [-0.05, 0) is 42.9 Å². The Morgan fingerprint density at radius 1 is 1.42 bits per heavy atom. The quantitative estimate of drug-likeness (QED) is 0.744. The average molecular weight is 379 g/mol. The van der Waals surface area contributed by atoms with Crippen molar-refractivity contribution in [2.75, 3.05) is 5.32 Å². The second kappa shape index (κ2) is 7.14. The maximum atomic E-state index is 12.6. The maximum absolute atomic E-state index is 12.6. The lowest BCUT2D eigenvalue weighted by molar-refractivity contribution is 0.102. The Bertz CT molecular complexity index is 818. The molecule has 0 saturated heterocycles. The maximum Gasteiger partial charge on any atom is 0.259 e. The van der Waals surface area contributed by atoms with E-state index in [1.54, 1.807) is 18.2 Å². The first-order valence-corrected chi connectivity index (χ1v) is 9.42. The molecule has 1 amide bonds. The molecule has 1 aromatic heterocycles. The molecule has 3 nitrogen and oxygen atoms in total. The summed E-state index contributed by atoms with van der Waals surface area (Å²) in [5.74, 6) is 0.275. The van der Waals surface area contributed by atoms with Gasteiger partial charge >= 0.3 is 0 Å². The predicted octanol–water partition coefficient (Wildman–Crippen LogP) is 5.69. The minimum Gasteiger partial charge on any atom is -0.312 e. The van der Waals surface area contributed by atoms with Crippen molar-refractivity contribution < 1.29 is 4.79 Å². The van der Waals surface area contributed by atoms with Crippen molar-refractivity contribution in [1.82, 2.24) is 0 Å². The van der Waals surface area contributed by atoms with E-state index in [1.165, 1.54) is 16.2 Å². The van der Waals surface area contributed by atoms with Crippen LogP contribution in [0.5, 0.6) is 0 Å². The number of nitrogens with zero attached hydrogens (tertiary/aromatic N) is 1. The molecule has 0 unspecified atom stereocenters. The van der Waals surface area contributed by atoms with Crippen molar-refractivity contribution in [2.45, 2.75) is 32.6 Å². The zero-order valence-electron chi connectivity index (χ0n) is 13.2. The fourth-order valence-corrected chi connectivity index (χ4v) is 4.97. The van der Waals surface area contributed by atoms with E-state index in [9.17, 15) is 10.1 Å². The molecule has 1 N–H and O–H groups in total. The summed E-state index contributed by atoms with van der Waals surface area (Å²) in [7, 11) is 0. The highest BCUT2D eigenvalue weighted by Crippen LogP contribution is 2.40. The van der Waals surface area contributed by atoms with Crippen LogP contribution in [0.1, 0.15) is 46.1 Å². The van der Waals surface area contributed by atoms with Crippen LogP contribution < -0.4 is 5.32 Å². The number of halogens is 2. The van der Waals surface area contributed by atoms with Crippen LogP contribution in [0.3, 0.4) is 0 Å². The summed E-state index contributed by atoms with van der Waals surface area (Å²) >= 11 is 13.7. The third kappa shape index (κ3) is 3.17. The Balaban J connectivity index is 1.92. The van der Waals surface area contributed by atoms with Crippen molar-refractivity contribution in [2.24, 2.45) is 5.92 Å². The van der Waals surface area contributed by atoms with Crippen LogP contribution in [0.25, 0.3) is 0 Å². The number of nitriles is 1. The largest absolute Gasteiger partial charge is 0.312 e. The SMILES string of the molecule is CC[C@H]1CCc2c(sc(NC(=O)c3c(Cl)cccc3Cl)c2C#N)C1. The summed E-state index contributed by atoms with van der Waals surface area (Å²) in [6.45, 7) is 2.19. The Hall–Kier alpha value is -1.54. The van der Waals surface area contributed by atoms with Gasteiger partial charge in [-0.1, -0.05) is 42.6 Å². The zero-order chi connectivity index (χ0) is 17.3. The molecule has 0 bridgehead atoms. The van der Waals surface area contributed by atoms with Gasteiger partial charge in [0.1, 0.15) is 11.1 Å². The molecule has 1 aliphatic carbocycles. The van der Waals surface area contributed by atoms with E-state index >= 15 is 0 Å². The number of hydrogen-bond donors (Lipinski definition) is 1. The van der Waals surface area contributed by atoms with Crippen molar-refractivity contribution in [3.05, 3.63) is 49.8 Å². The Labute approximate surface area is 155 Å². The number of carbonyl (C=O) groups is 1. The molecular formula is C18H16Cl2N2OS. The van der Waals surface area contributed by atoms with E-state index in [4.69, 9.17) is 23.2 Å². The van der Waals surface area contributed by atoms with Gasteiger partial charge in [0.15, 0.2) is 0 Å². The van der Waals surface area contributed by atoms with Gasteiger partial charge in [-0.3, -0.25) is 4.79 Å². The van der Waals surface area contributed by atoms with Crippen molar-refractivity contribution in [1.29, 1.82) is 5.26 Å².